The van der Waals surface area contributed by atoms with E-state index < -0.39 is 0 Å². The van der Waals surface area contributed by atoms with E-state index in [0.29, 0.717) is 40.9 Å². The number of aromatic amines is 1. The van der Waals surface area contributed by atoms with Gasteiger partial charge in [0.2, 0.25) is 0 Å². The van der Waals surface area contributed by atoms with Gasteiger partial charge in [-0.1, -0.05) is 17.4 Å². The number of hydrogen-bond acceptors (Lipinski definition) is 6. The highest BCUT2D eigenvalue weighted by Gasteiger charge is 2.54. The number of thioether (sulfide) groups is 1. The van der Waals surface area contributed by atoms with Crippen molar-refractivity contribution in [2.24, 2.45) is 17.8 Å². The first-order valence-corrected chi connectivity index (χ1v) is 14.0. The second-order valence-corrected chi connectivity index (χ2v) is 11.9. The van der Waals surface area contributed by atoms with Crippen LogP contribution in [0.25, 0.3) is 0 Å². The Morgan fingerprint density at radius 3 is 2.72 bits per heavy atom. The second kappa shape index (κ2) is 9.59. The summed E-state index contributed by atoms with van der Waals surface area (Å²) in [4.78, 5) is 28.9. The lowest BCUT2D eigenvalue weighted by molar-refractivity contribution is -0.118. The fourth-order valence-corrected chi connectivity index (χ4v) is 9.10. The number of amides is 1. The van der Waals surface area contributed by atoms with E-state index in [-0.39, 0.29) is 29.1 Å². The topological polar surface area (TPSA) is 80.4 Å². The van der Waals surface area contributed by atoms with Crippen LogP contribution in [0.15, 0.2) is 52.3 Å². The average molecular weight is 527 g/mol. The van der Waals surface area contributed by atoms with Crippen molar-refractivity contribution in [1.29, 1.82) is 0 Å². The largest absolute Gasteiger partial charge is 0.490 e. The number of nitrogens with one attached hydrogen (secondary N) is 2. The molecule has 2 bridgehead atoms. The number of hydrogen-bond donors (Lipinski definition) is 2. The normalized spacial score (nSPS) is 25.8. The van der Waals surface area contributed by atoms with Gasteiger partial charge in [0.25, 0.3) is 5.91 Å². The first kappa shape index (κ1) is 23.6. The standard InChI is InChI=1S/C27H27FN2O4S2/c1-2-33-20-12-15(5-10-19(20)34-13-21(31)29-18-8-6-17(28)7-9-18)23-22-14-3-4-16(11-14)24(22)35-26-25(23)36-27(32)30-26/h5-10,12,14,16,22-24H,2-4,11,13H2,1H3,(H,29,31)(H,30,32)/t14?,16?,22?,23-,24?/m1/s1. The van der Waals surface area contributed by atoms with Crippen molar-refractivity contribution in [3.05, 3.63) is 68.4 Å². The molecule has 2 aromatic carbocycles. The number of rotatable bonds is 7. The lowest BCUT2D eigenvalue weighted by Gasteiger charge is -2.40. The lowest BCUT2D eigenvalue weighted by atomic mass is 9.75. The van der Waals surface area contributed by atoms with Crippen LogP contribution in [-0.2, 0) is 4.79 Å². The number of carbonyl (C=O) groups excluding carboxylic acids is 1. The van der Waals surface area contributed by atoms with Crippen molar-refractivity contribution >= 4 is 34.7 Å². The highest BCUT2D eigenvalue weighted by Crippen LogP contribution is 2.63. The summed E-state index contributed by atoms with van der Waals surface area (Å²) in [6.45, 7) is 2.17. The second-order valence-electron chi connectivity index (χ2n) is 9.66. The van der Waals surface area contributed by atoms with Crippen LogP contribution in [0.5, 0.6) is 11.5 Å². The summed E-state index contributed by atoms with van der Waals surface area (Å²) in [5.74, 6) is 2.44. The van der Waals surface area contributed by atoms with Gasteiger partial charge in [-0.2, -0.15) is 0 Å². The summed E-state index contributed by atoms with van der Waals surface area (Å²) < 4.78 is 24.9. The van der Waals surface area contributed by atoms with Crippen molar-refractivity contribution in [3.8, 4) is 11.5 Å². The summed E-state index contributed by atoms with van der Waals surface area (Å²) in [7, 11) is 0. The number of thiazole rings is 1. The Morgan fingerprint density at radius 1 is 1.11 bits per heavy atom. The van der Waals surface area contributed by atoms with E-state index in [9.17, 15) is 14.0 Å². The summed E-state index contributed by atoms with van der Waals surface area (Å²) in [5, 5.41) is 4.27. The summed E-state index contributed by atoms with van der Waals surface area (Å²) >= 11 is 3.20. The molecule has 2 saturated carbocycles. The number of aromatic nitrogens is 1. The van der Waals surface area contributed by atoms with Gasteiger partial charge in [-0.15, -0.1) is 11.8 Å². The molecular formula is C27H27FN2O4S2. The molecule has 36 heavy (non-hydrogen) atoms. The number of carbonyl (C=O) groups is 1. The van der Waals surface area contributed by atoms with Crippen LogP contribution in [0.2, 0.25) is 0 Å². The van der Waals surface area contributed by atoms with Gasteiger partial charge in [-0.25, -0.2) is 4.39 Å². The minimum atomic E-state index is -0.363. The SMILES string of the molecule is CCOc1cc([C@H]2c3sc(=O)[nH]c3SC3C4CCC(C4)C32)ccc1OCC(=O)Nc1ccc(F)cc1. The zero-order chi connectivity index (χ0) is 24.8. The monoisotopic (exact) mass is 526 g/mol. The van der Waals surface area contributed by atoms with Crippen LogP contribution in [-0.4, -0.2) is 29.4 Å². The maximum atomic E-state index is 13.1. The van der Waals surface area contributed by atoms with Gasteiger partial charge in [-0.3, -0.25) is 9.59 Å². The Kier molecular flexibility index (Phi) is 6.29. The molecule has 2 heterocycles. The van der Waals surface area contributed by atoms with Crippen LogP contribution in [0.4, 0.5) is 10.1 Å². The molecule has 2 N–H and O–H groups in total. The molecule has 2 aliphatic carbocycles. The maximum Gasteiger partial charge on any atom is 0.305 e. The predicted molar refractivity (Wildman–Crippen MR) is 139 cm³/mol. The predicted octanol–water partition coefficient (Wildman–Crippen LogP) is 5.64. The molecule has 0 spiro atoms. The van der Waals surface area contributed by atoms with Crippen molar-refractivity contribution in [3.63, 3.8) is 0 Å². The van der Waals surface area contributed by atoms with Gasteiger partial charge < -0.3 is 19.8 Å². The Balaban J connectivity index is 1.25. The molecule has 3 aliphatic rings. The Bertz CT molecular complexity index is 1340. The van der Waals surface area contributed by atoms with Crippen molar-refractivity contribution in [2.45, 2.75) is 42.4 Å². The zero-order valence-corrected chi connectivity index (χ0v) is 21.4. The van der Waals surface area contributed by atoms with E-state index in [4.69, 9.17) is 9.47 Å². The molecule has 9 heteroatoms. The summed E-state index contributed by atoms with van der Waals surface area (Å²) in [6.07, 6.45) is 3.83. The Morgan fingerprint density at radius 2 is 1.92 bits per heavy atom. The first-order valence-electron chi connectivity index (χ1n) is 12.3. The fraction of sp³-hybridized carbons (Fsp3) is 0.407. The minimum absolute atomic E-state index is 0.00183. The molecule has 5 atom stereocenters. The van der Waals surface area contributed by atoms with Crippen molar-refractivity contribution in [1.82, 2.24) is 4.98 Å². The molecule has 4 unspecified atom stereocenters. The molecule has 1 aliphatic heterocycles. The van der Waals surface area contributed by atoms with Crippen LogP contribution in [0.1, 0.15) is 42.5 Å². The van der Waals surface area contributed by atoms with Crippen LogP contribution in [0.3, 0.4) is 0 Å². The van der Waals surface area contributed by atoms with Gasteiger partial charge in [-0.05, 0) is 85.9 Å². The first-order chi connectivity index (χ1) is 17.5. The highest BCUT2D eigenvalue weighted by atomic mass is 32.2. The van der Waals surface area contributed by atoms with Crippen LogP contribution in [0, 0.1) is 23.6 Å². The van der Waals surface area contributed by atoms with E-state index in [1.54, 1.807) is 0 Å². The van der Waals surface area contributed by atoms with Crippen molar-refractivity contribution < 1.29 is 18.7 Å². The summed E-state index contributed by atoms with van der Waals surface area (Å²) in [6, 6.07) is 11.5. The molecule has 6 nitrogen and oxygen atoms in total. The van der Waals surface area contributed by atoms with Crippen molar-refractivity contribution in [2.75, 3.05) is 18.5 Å². The van der Waals surface area contributed by atoms with Gasteiger partial charge >= 0.3 is 4.87 Å². The highest BCUT2D eigenvalue weighted by molar-refractivity contribution is 8.00. The van der Waals surface area contributed by atoms with E-state index in [0.717, 1.165) is 21.4 Å². The molecule has 3 aromatic rings. The third-order valence-corrected chi connectivity index (χ3v) is 10.2. The number of H-pyrrole nitrogens is 1. The molecular weight excluding hydrogens is 499 g/mol. The number of benzene rings is 2. The number of ether oxygens (including phenoxy) is 2. The molecule has 0 saturated heterocycles. The zero-order valence-electron chi connectivity index (χ0n) is 19.8. The van der Waals surface area contributed by atoms with E-state index in [2.05, 4.69) is 10.3 Å². The number of fused-ring (bicyclic) bond motifs is 6. The van der Waals surface area contributed by atoms with Gasteiger partial charge in [0, 0.05) is 21.7 Å². The smallest absolute Gasteiger partial charge is 0.305 e. The van der Waals surface area contributed by atoms with Gasteiger partial charge in [0.1, 0.15) is 5.82 Å². The maximum absolute atomic E-state index is 13.1. The average Bonchev–Trinajstić information content (AvgIpc) is 3.58. The van der Waals surface area contributed by atoms with Gasteiger partial charge in [0.15, 0.2) is 18.1 Å². The third kappa shape index (κ3) is 4.32. The Hall–Kier alpha value is -2.78. The molecule has 188 valence electrons. The molecule has 1 aromatic heterocycles. The molecule has 1 amide bonds. The fourth-order valence-electron chi connectivity index (χ4n) is 6.20. The number of halogens is 1. The van der Waals surface area contributed by atoms with E-state index in [1.165, 1.54) is 54.9 Å². The third-order valence-electron chi connectivity index (χ3n) is 7.58. The summed E-state index contributed by atoms with van der Waals surface area (Å²) in [5.41, 5.74) is 1.63. The van der Waals surface area contributed by atoms with Crippen LogP contribution < -0.4 is 19.7 Å². The van der Waals surface area contributed by atoms with E-state index >= 15 is 0 Å². The molecule has 2 fully saturated rings. The minimum Gasteiger partial charge on any atom is -0.490 e. The van der Waals surface area contributed by atoms with Crippen LogP contribution >= 0.6 is 23.1 Å². The molecule has 6 rings (SSSR count). The quantitative estimate of drug-likeness (QED) is 0.416. The Labute approximate surface area is 216 Å². The lowest BCUT2D eigenvalue weighted by Crippen LogP contribution is -2.33. The number of anilines is 1. The molecule has 0 radical (unpaired) electrons. The van der Waals surface area contributed by atoms with E-state index in [1.807, 2.05) is 36.9 Å². The van der Waals surface area contributed by atoms with Gasteiger partial charge in [0.05, 0.1) is 11.6 Å².